The van der Waals surface area contributed by atoms with Crippen LogP contribution in [0.1, 0.15) is 18.5 Å². The van der Waals surface area contributed by atoms with E-state index in [0.29, 0.717) is 19.4 Å². The smallest absolute Gasteiger partial charge is 0.0908 e. The Morgan fingerprint density at radius 3 is 2.67 bits per heavy atom. The maximum absolute atomic E-state index is 9.49. The van der Waals surface area contributed by atoms with E-state index in [1.54, 1.807) is 4.68 Å². The fourth-order valence-corrected chi connectivity index (χ4v) is 2.54. The molecule has 1 aromatic heterocycles. The fraction of sp³-hybridized carbons (Fsp3) is 0.385. The molecule has 94 valence electrons. The van der Waals surface area contributed by atoms with E-state index in [9.17, 15) is 5.11 Å². The Labute approximate surface area is 105 Å². The van der Waals surface area contributed by atoms with Crippen LogP contribution in [0.15, 0.2) is 36.5 Å². The molecule has 0 bridgehead atoms. The van der Waals surface area contributed by atoms with Gasteiger partial charge in [0.25, 0.3) is 0 Å². The van der Waals surface area contributed by atoms with Gasteiger partial charge in [-0.2, -0.15) is 0 Å². The van der Waals surface area contributed by atoms with Gasteiger partial charge in [-0.25, -0.2) is 4.68 Å². The third-order valence-corrected chi connectivity index (χ3v) is 3.70. The van der Waals surface area contributed by atoms with Crippen LogP contribution in [-0.2, 0) is 5.41 Å². The molecule has 0 atom stereocenters. The van der Waals surface area contributed by atoms with Crippen LogP contribution in [0.4, 0.5) is 0 Å². The number of hydrogen-bond donors (Lipinski definition) is 2. The number of rotatable bonds is 3. The Morgan fingerprint density at radius 1 is 1.33 bits per heavy atom. The van der Waals surface area contributed by atoms with Crippen molar-refractivity contribution in [3.05, 3.63) is 42.2 Å². The highest BCUT2D eigenvalue weighted by Crippen LogP contribution is 2.42. The van der Waals surface area contributed by atoms with Crippen LogP contribution in [0.2, 0.25) is 0 Å². The van der Waals surface area contributed by atoms with Gasteiger partial charge in [-0.1, -0.05) is 23.4 Å². The molecule has 0 saturated heterocycles. The number of benzene rings is 1. The predicted molar refractivity (Wildman–Crippen MR) is 67.3 cm³/mol. The highest BCUT2D eigenvalue weighted by Gasteiger charge is 2.45. The highest BCUT2D eigenvalue weighted by molar-refractivity contribution is 5.31. The molecule has 5 nitrogen and oxygen atoms in total. The minimum Gasteiger partial charge on any atom is -0.393 e. The number of nitrogens with two attached hydrogens (primary N) is 1. The molecule has 1 aliphatic carbocycles. The number of aromatic nitrogens is 3. The molecule has 2 aromatic rings. The van der Waals surface area contributed by atoms with Gasteiger partial charge in [0.05, 0.1) is 23.7 Å². The Hall–Kier alpha value is -1.72. The van der Waals surface area contributed by atoms with Gasteiger partial charge < -0.3 is 10.8 Å². The molecule has 1 aromatic carbocycles. The van der Waals surface area contributed by atoms with Crippen LogP contribution in [0.25, 0.3) is 5.69 Å². The molecular formula is C13H16N4O. The van der Waals surface area contributed by atoms with Gasteiger partial charge in [0.1, 0.15) is 0 Å². The van der Waals surface area contributed by atoms with E-state index in [1.807, 2.05) is 36.5 Å². The second kappa shape index (κ2) is 4.19. The lowest BCUT2D eigenvalue weighted by Gasteiger charge is -2.43. The summed E-state index contributed by atoms with van der Waals surface area (Å²) in [5, 5.41) is 17.8. The first kappa shape index (κ1) is 11.4. The second-order valence-corrected chi connectivity index (χ2v) is 4.93. The van der Waals surface area contributed by atoms with Crippen molar-refractivity contribution in [2.45, 2.75) is 24.4 Å². The van der Waals surface area contributed by atoms with Crippen molar-refractivity contribution in [2.75, 3.05) is 6.54 Å². The fourth-order valence-electron chi connectivity index (χ4n) is 2.54. The van der Waals surface area contributed by atoms with E-state index in [4.69, 9.17) is 5.73 Å². The van der Waals surface area contributed by atoms with E-state index >= 15 is 0 Å². The second-order valence-electron chi connectivity index (χ2n) is 4.93. The zero-order valence-electron chi connectivity index (χ0n) is 10.0. The van der Waals surface area contributed by atoms with E-state index in [0.717, 1.165) is 11.4 Å². The van der Waals surface area contributed by atoms with Crippen LogP contribution in [0.3, 0.4) is 0 Å². The average Bonchev–Trinajstić information content (AvgIpc) is 2.85. The lowest BCUT2D eigenvalue weighted by molar-refractivity contribution is 0.0200. The lowest BCUT2D eigenvalue weighted by atomic mass is 9.65. The highest BCUT2D eigenvalue weighted by atomic mass is 16.3. The minimum absolute atomic E-state index is 0.188. The summed E-state index contributed by atoms with van der Waals surface area (Å²) in [5.74, 6) is 0. The Kier molecular flexibility index (Phi) is 2.65. The normalized spacial score (nSPS) is 26.9. The standard InChI is InChI=1S/C13H16N4O/c14-9-13(6-11(18)7-13)12-8-17(16-15-12)10-4-2-1-3-5-10/h1-5,8,11,18H,6-7,9,14H2. The summed E-state index contributed by atoms with van der Waals surface area (Å²) in [4.78, 5) is 0. The summed E-state index contributed by atoms with van der Waals surface area (Å²) >= 11 is 0. The van der Waals surface area contributed by atoms with Crippen LogP contribution in [0, 0.1) is 0 Å². The third kappa shape index (κ3) is 1.72. The summed E-state index contributed by atoms with van der Waals surface area (Å²) in [6.07, 6.45) is 3.01. The molecule has 3 N–H and O–H groups in total. The van der Waals surface area contributed by atoms with E-state index in [1.165, 1.54) is 0 Å². The molecule has 5 heteroatoms. The summed E-state index contributed by atoms with van der Waals surface area (Å²) in [6.45, 7) is 0.498. The molecule has 0 amide bonds. The van der Waals surface area contributed by atoms with Crippen LogP contribution in [-0.4, -0.2) is 32.7 Å². The number of nitrogens with zero attached hydrogens (tertiary/aromatic N) is 3. The molecule has 1 aliphatic rings. The summed E-state index contributed by atoms with van der Waals surface area (Å²) in [5.41, 5.74) is 7.48. The van der Waals surface area contributed by atoms with Crippen molar-refractivity contribution in [2.24, 2.45) is 5.73 Å². The predicted octanol–water partition coefficient (Wildman–Crippen LogP) is 0.618. The largest absolute Gasteiger partial charge is 0.393 e. The molecule has 0 aliphatic heterocycles. The summed E-state index contributed by atoms with van der Waals surface area (Å²) < 4.78 is 1.75. The van der Waals surface area contributed by atoms with Crippen molar-refractivity contribution in [3.63, 3.8) is 0 Å². The molecule has 18 heavy (non-hydrogen) atoms. The quantitative estimate of drug-likeness (QED) is 0.829. The van der Waals surface area contributed by atoms with E-state index in [2.05, 4.69) is 10.3 Å². The number of hydrogen-bond acceptors (Lipinski definition) is 4. The first-order valence-electron chi connectivity index (χ1n) is 6.10. The molecule has 3 rings (SSSR count). The number of para-hydroxylation sites is 1. The lowest BCUT2D eigenvalue weighted by Crippen LogP contribution is -2.50. The van der Waals surface area contributed by atoms with Gasteiger partial charge in [-0.05, 0) is 25.0 Å². The molecule has 1 heterocycles. The van der Waals surface area contributed by atoms with Gasteiger partial charge in [-0.3, -0.25) is 0 Å². The van der Waals surface area contributed by atoms with E-state index < -0.39 is 0 Å². The van der Waals surface area contributed by atoms with Crippen molar-refractivity contribution >= 4 is 0 Å². The van der Waals surface area contributed by atoms with Gasteiger partial charge in [0.15, 0.2) is 0 Å². The molecule has 0 radical (unpaired) electrons. The van der Waals surface area contributed by atoms with Gasteiger partial charge in [0.2, 0.25) is 0 Å². The van der Waals surface area contributed by atoms with Crippen LogP contribution < -0.4 is 5.73 Å². The van der Waals surface area contributed by atoms with Gasteiger partial charge in [-0.15, -0.1) is 5.10 Å². The Bertz CT molecular complexity index is 531. The maximum atomic E-state index is 9.49. The Morgan fingerprint density at radius 2 is 2.06 bits per heavy atom. The molecular weight excluding hydrogens is 228 g/mol. The topological polar surface area (TPSA) is 77.0 Å². The third-order valence-electron chi connectivity index (χ3n) is 3.70. The van der Waals surface area contributed by atoms with Crippen molar-refractivity contribution in [1.82, 2.24) is 15.0 Å². The van der Waals surface area contributed by atoms with Gasteiger partial charge >= 0.3 is 0 Å². The maximum Gasteiger partial charge on any atom is 0.0908 e. The first-order valence-corrected chi connectivity index (χ1v) is 6.10. The van der Waals surface area contributed by atoms with Crippen LogP contribution in [0.5, 0.6) is 0 Å². The summed E-state index contributed by atoms with van der Waals surface area (Å²) in [6, 6.07) is 9.84. The molecule has 0 spiro atoms. The summed E-state index contributed by atoms with van der Waals surface area (Å²) in [7, 11) is 0. The van der Waals surface area contributed by atoms with Crippen molar-refractivity contribution in [3.8, 4) is 5.69 Å². The van der Waals surface area contributed by atoms with Crippen LogP contribution >= 0.6 is 0 Å². The van der Waals surface area contributed by atoms with E-state index in [-0.39, 0.29) is 11.5 Å². The number of aliphatic hydroxyl groups is 1. The number of aliphatic hydroxyl groups excluding tert-OH is 1. The SMILES string of the molecule is NCC1(c2cn(-c3ccccc3)nn2)CC(O)C1. The van der Waals surface area contributed by atoms with Gasteiger partial charge in [0, 0.05) is 12.0 Å². The average molecular weight is 244 g/mol. The minimum atomic E-state index is -0.254. The van der Waals surface area contributed by atoms with Crippen molar-refractivity contribution in [1.29, 1.82) is 0 Å². The molecule has 0 unspecified atom stereocenters. The van der Waals surface area contributed by atoms with Crippen molar-refractivity contribution < 1.29 is 5.11 Å². The molecule has 1 saturated carbocycles. The monoisotopic (exact) mass is 244 g/mol. The zero-order chi connectivity index (χ0) is 12.6. The zero-order valence-corrected chi connectivity index (χ0v) is 10.0. The molecule has 1 fully saturated rings. The Balaban J connectivity index is 1.90. The first-order chi connectivity index (χ1) is 8.73.